The Balaban J connectivity index is 1.49. The zero-order chi connectivity index (χ0) is 27.5. The van der Waals surface area contributed by atoms with Gasteiger partial charge in [-0.2, -0.15) is 5.10 Å². The fraction of sp³-hybridized carbons (Fsp3) is 0.103. The van der Waals surface area contributed by atoms with Crippen LogP contribution in [0.1, 0.15) is 33.3 Å². The fourth-order valence-electron chi connectivity index (χ4n) is 4.08. The Kier molecular flexibility index (Phi) is 7.79. The van der Waals surface area contributed by atoms with Gasteiger partial charge in [-0.1, -0.05) is 53.0 Å². The smallest absolute Gasteiger partial charge is 0.305 e. The average Bonchev–Trinajstić information content (AvgIpc) is 3.59. The van der Waals surface area contributed by atoms with Crippen LogP contribution >= 0.6 is 34.5 Å². The van der Waals surface area contributed by atoms with Crippen molar-refractivity contribution >= 4 is 46.4 Å². The maximum absolute atomic E-state index is 13.2. The summed E-state index contributed by atoms with van der Waals surface area (Å²) in [5, 5.41) is 17.9. The number of hydrogen-bond acceptors (Lipinski definition) is 5. The number of benzene rings is 2. The third kappa shape index (κ3) is 6.04. The summed E-state index contributed by atoms with van der Waals surface area (Å²) in [4.78, 5) is 30.2. The molecule has 0 saturated heterocycles. The molecular weight excluding hydrogens is 555 g/mol. The number of aromatic nitrogens is 3. The van der Waals surface area contributed by atoms with Crippen molar-refractivity contribution in [3.8, 4) is 27.5 Å². The highest BCUT2D eigenvalue weighted by molar-refractivity contribution is 7.17. The monoisotopic (exact) mass is 576 g/mol. The Labute approximate surface area is 238 Å². The molecule has 3 heterocycles. The molecule has 5 rings (SSSR count). The number of carboxylic acid groups (broad SMARTS) is 1. The minimum Gasteiger partial charge on any atom is -0.481 e. The zero-order valence-corrected chi connectivity index (χ0v) is 23.0. The molecule has 0 spiro atoms. The lowest BCUT2D eigenvalue weighted by atomic mass is 10.0. The van der Waals surface area contributed by atoms with E-state index in [1.54, 1.807) is 35.3 Å². The summed E-state index contributed by atoms with van der Waals surface area (Å²) in [6, 6.07) is 21.3. The lowest BCUT2D eigenvalue weighted by Gasteiger charge is -2.17. The molecule has 0 aliphatic carbocycles. The third-order valence-electron chi connectivity index (χ3n) is 6.06. The van der Waals surface area contributed by atoms with Gasteiger partial charge in [0.1, 0.15) is 0 Å². The second kappa shape index (κ2) is 11.4. The number of rotatable bonds is 8. The van der Waals surface area contributed by atoms with Crippen molar-refractivity contribution in [1.29, 1.82) is 0 Å². The van der Waals surface area contributed by atoms with E-state index in [0.717, 1.165) is 27.3 Å². The second-order valence-corrected chi connectivity index (χ2v) is 10.8. The van der Waals surface area contributed by atoms with Gasteiger partial charge in [0.05, 0.1) is 49.3 Å². The maximum atomic E-state index is 13.2. The molecule has 0 aliphatic rings. The van der Waals surface area contributed by atoms with Crippen LogP contribution in [0.25, 0.3) is 27.5 Å². The van der Waals surface area contributed by atoms with Crippen LogP contribution < -0.4 is 5.32 Å². The van der Waals surface area contributed by atoms with Crippen molar-refractivity contribution in [2.24, 2.45) is 0 Å². The Hall–Kier alpha value is -3.98. The first kappa shape index (κ1) is 26.6. The highest BCUT2D eigenvalue weighted by atomic mass is 35.5. The Bertz CT molecular complexity index is 1650. The standard InChI is InChI=1S/C29H22Cl2N4O3S/c1-17-4-6-18(7-5-17)23(15-28(36)37)33-29(38)27-11-10-26(39-27)25-14-24(19-3-2-12-32-16-19)34-35(25)20-8-9-21(30)22(31)13-20/h2-14,16,23H,15H2,1H3,(H,33,38)(H,36,37). The van der Waals surface area contributed by atoms with Crippen molar-refractivity contribution in [2.75, 3.05) is 0 Å². The first-order valence-corrected chi connectivity index (χ1v) is 13.5. The molecule has 39 heavy (non-hydrogen) atoms. The third-order valence-corrected chi connectivity index (χ3v) is 7.91. The minimum absolute atomic E-state index is 0.231. The number of hydrogen-bond donors (Lipinski definition) is 2. The average molecular weight is 577 g/mol. The molecule has 0 aliphatic heterocycles. The number of pyridine rings is 1. The van der Waals surface area contributed by atoms with Crippen LogP contribution in [0.15, 0.2) is 85.2 Å². The van der Waals surface area contributed by atoms with E-state index in [9.17, 15) is 14.7 Å². The van der Waals surface area contributed by atoms with Gasteiger partial charge in [-0.05, 0) is 61.0 Å². The Morgan fingerprint density at radius 2 is 1.82 bits per heavy atom. The largest absolute Gasteiger partial charge is 0.481 e. The molecule has 1 amide bonds. The predicted octanol–water partition coefficient (Wildman–Crippen LogP) is 7.22. The van der Waals surface area contributed by atoms with Crippen LogP contribution in [0.4, 0.5) is 0 Å². The Morgan fingerprint density at radius 3 is 2.51 bits per heavy atom. The van der Waals surface area contributed by atoms with E-state index < -0.39 is 12.0 Å². The van der Waals surface area contributed by atoms with Crippen LogP contribution in [0, 0.1) is 6.92 Å². The summed E-state index contributed by atoms with van der Waals surface area (Å²) >= 11 is 13.7. The summed E-state index contributed by atoms with van der Waals surface area (Å²) in [5.41, 5.74) is 4.76. The Morgan fingerprint density at radius 1 is 1.03 bits per heavy atom. The van der Waals surface area contributed by atoms with Gasteiger partial charge >= 0.3 is 5.97 Å². The van der Waals surface area contributed by atoms with Crippen LogP contribution in [0.2, 0.25) is 10.0 Å². The molecular formula is C29H22Cl2N4O3S. The molecule has 0 bridgehead atoms. The molecule has 0 fully saturated rings. The number of halogens is 2. The molecule has 0 saturated carbocycles. The first-order chi connectivity index (χ1) is 18.8. The van der Waals surface area contributed by atoms with Gasteiger partial charge in [-0.25, -0.2) is 4.68 Å². The molecule has 196 valence electrons. The summed E-state index contributed by atoms with van der Waals surface area (Å²) in [5.74, 6) is -1.35. The normalized spacial score (nSPS) is 11.8. The molecule has 7 nitrogen and oxygen atoms in total. The number of amides is 1. The number of carbonyl (C=O) groups excluding carboxylic acids is 1. The van der Waals surface area contributed by atoms with Gasteiger partial charge in [0, 0.05) is 18.0 Å². The zero-order valence-electron chi connectivity index (χ0n) is 20.6. The van der Waals surface area contributed by atoms with Crippen molar-refractivity contribution in [1.82, 2.24) is 20.1 Å². The minimum atomic E-state index is -0.999. The number of carboxylic acids is 1. The summed E-state index contributed by atoms with van der Waals surface area (Å²) in [7, 11) is 0. The molecule has 2 N–H and O–H groups in total. The fourth-order valence-corrected chi connectivity index (χ4v) is 5.28. The lowest BCUT2D eigenvalue weighted by molar-refractivity contribution is -0.137. The summed E-state index contributed by atoms with van der Waals surface area (Å²) < 4.78 is 1.75. The number of nitrogens with one attached hydrogen (secondary N) is 1. The van der Waals surface area contributed by atoms with E-state index in [-0.39, 0.29) is 12.3 Å². The van der Waals surface area contributed by atoms with E-state index in [1.165, 1.54) is 11.3 Å². The predicted molar refractivity (Wildman–Crippen MR) is 154 cm³/mol. The molecule has 5 aromatic rings. The lowest BCUT2D eigenvalue weighted by Crippen LogP contribution is -2.29. The van der Waals surface area contributed by atoms with E-state index in [1.807, 2.05) is 61.5 Å². The number of nitrogens with zero attached hydrogens (tertiary/aromatic N) is 3. The topological polar surface area (TPSA) is 97.1 Å². The van der Waals surface area contributed by atoms with Gasteiger partial charge in [0.25, 0.3) is 5.91 Å². The van der Waals surface area contributed by atoms with Crippen molar-refractivity contribution in [3.63, 3.8) is 0 Å². The second-order valence-electron chi connectivity index (χ2n) is 8.87. The van der Waals surface area contributed by atoms with E-state index in [0.29, 0.717) is 26.3 Å². The van der Waals surface area contributed by atoms with Crippen molar-refractivity contribution < 1.29 is 14.7 Å². The van der Waals surface area contributed by atoms with Crippen molar-refractivity contribution in [3.05, 3.63) is 111 Å². The number of thiophene rings is 1. The maximum Gasteiger partial charge on any atom is 0.305 e. The molecule has 1 unspecified atom stereocenters. The number of carbonyl (C=O) groups is 2. The van der Waals surface area contributed by atoms with E-state index in [4.69, 9.17) is 28.3 Å². The van der Waals surface area contributed by atoms with E-state index in [2.05, 4.69) is 10.3 Å². The van der Waals surface area contributed by atoms with Crippen LogP contribution in [0.5, 0.6) is 0 Å². The molecule has 1 atom stereocenters. The van der Waals surface area contributed by atoms with Gasteiger partial charge in [0.15, 0.2) is 0 Å². The van der Waals surface area contributed by atoms with Gasteiger partial charge in [0.2, 0.25) is 0 Å². The summed E-state index contributed by atoms with van der Waals surface area (Å²) in [6.45, 7) is 1.95. The molecule has 0 radical (unpaired) electrons. The SMILES string of the molecule is Cc1ccc(C(CC(=O)O)NC(=O)c2ccc(-c3cc(-c4cccnc4)nn3-c3ccc(Cl)c(Cl)c3)s2)cc1. The van der Waals surface area contributed by atoms with Gasteiger partial charge in [-0.3, -0.25) is 14.6 Å². The van der Waals surface area contributed by atoms with Crippen LogP contribution in [0.3, 0.4) is 0 Å². The van der Waals surface area contributed by atoms with E-state index >= 15 is 0 Å². The van der Waals surface area contributed by atoms with Gasteiger partial charge in [-0.15, -0.1) is 11.3 Å². The highest BCUT2D eigenvalue weighted by Gasteiger charge is 2.22. The van der Waals surface area contributed by atoms with Gasteiger partial charge < -0.3 is 10.4 Å². The summed E-state index contributed by atoms with van der Waals surface area (Å²) in [6.07, 6.45) is 3.19. The number of aryl methyl sites for hydroxylation is 1. The van der Waals surface area contributed by atoms with Crippen LogP contribution in [-0.2, 0) is 4.79 Å². The first-order valence-electron chi connectivity index (χ1n) is 11.9. The van der Waals surface area contributed by atoms with Crippen LogP contribution in [-0.4, -0.2) is 31.7 Å². The molecule has 10 heteroatoms. The quantitative estimate of drug-likeness (QED) is 0.203. The highest BCUT2D eigenvalue weighted by Crippen LogP contribution is 2.35. The molecule has 2 aromatic carbocycles. The van der Waals surface area contributed by atoms with Crippen molar-refractivity contribution in [2.45, 2.75) is 19.4 Å². The number of aliphatic carboxylic acids is 1. The molecule has 3 aromatic heterocycles.